The molecule has 0 amide bonds. The lowest BCUT2D eigenvalue weighted by Crippen LogP contribution is -2.09. The van der Waals surface area contributed by atoms with Crippen molar-refractivity contribution < 1.29 is 22.7 Å². The molecule has 0 atom stereocenters. The van der Waals surface area contributed by atoms with E-state index < -0.39 is 11.5 Å². The van der Waals surface area contributed by atoms with Crippen molar-refractivity contribution in [1.29, 1.82) is 5.26 Å². The Hall–Kier alpha value is -1.20. The lowest BCUT2D eigenvalue weighted by atomic mass is 10.1. The van der Waals surface area contributed by atoms with Crippen molar-refractivity contribution in [3.8, 4) is 6.07 Å². The highest BCUT2D eigenvalue weighted by atomic mass is 79.9. The van der Waals surface area contributed by atoms with Crippen molar-refractivity contribution in [1.82, 2.24) is 0 Å². The van der Waals surface area contributed by atoms with Crippen molar-refractivity contribution in [3.63, 3.8) is 0 Å². The molecule has 0 saturated carbocycles. The molecule has 0 bridgehead atoms. The van der Waals surface area contributed by atoms with Crippen molar-refractivity contribution in [3.05, 3.63) is 27.7 Å². The van der Waals surface area contributed by atoms with Gasteiger partial charge >= 0.3 is 11.5 Å². The van der Waals surface area contributed by atoms with Crippen LogP contribution < -0.4 is 0 Å². The second-order valence-electron chi connectivity index (χ2n) is 3.18. The quantitative estimate of drug-likeness (QED) is 0.606. The minimum absolute atomic E-state index is 0.0446. The maximum Gasteiger partial charge on any atom is 0.446 e. The minimum atomic E-state index is -4.48. The molecule has 0 unspecified atom stereocenters. The van der Waals surface area contributed by atoms with Gasteiger partial charge in [-0.3, -0.25) is 0 Å². The first-order chi connectivity index (χ1) is 8.80. The summed E-state index contributed by atoms with van der Waals surface area (Å²) in [6, 6.07) is 4.03. The largest absolute Gasteiger partial charge is 0.462 e. The van der Waals surface area contributed by atoms with E-state index in [9.17, 15) is 18.0 Å². The maximum atomic E-state index is 12.3. The molecule has 19 heavy (non-hydrogen) atoms. The van der Waals surface area contributed by atoms with Crippen LogP contribution in [0.3, 0.4) is 0 Å². The monoisotopic (exact) mass is 353 g/mol. The van der Waals surface area contributed by atoms with E-state index in [0.717, 1.165) is 12.1 Å². The second kappa shape index (κ2) is 6.30. The van der Waals surface area contributed by atoms with Crippen LogP contribution in [0.5, 0.6) is 0 Å². The lowest BCUT2D eigenvalue weighted by molar-refractivity contribution is -0.0328. The topological polar surface area (TPSA) is 50.1 Å². The van der Waals surface area contributed by atoms with E-state index in [1.807, 2.05) is 0 Å². The lowest BCUT2D eigenvalue weighted by Gasteiger charge is -2.12. The highest BCUT2D eigenvalue weighted by molar-refractivity contribution is 9.10. The fourth-order valence-corrected chi connectivity index (χ4v) is 2.58. The van der Waals surface area contributed by atoms with Crippen LogP contribution in [0.4, 0.5) is 13.2 Å². The number of thioether (sulfide) groups is 1. The molecule has 0 aromatic heterocycles. The number of hydrogen-bond acceptors (Lipinski definition) is 4. The number of halogens is 4. The predicted octanol–water partition coefficient (Wildman–Crippen LogP) is 4.11. The summed E-state index contributed by atoms with van der Waals surface area (Å²) in [5.41, 5.74) is -4.72. The van der Waals surface area contributed by atoms with Gasteiger partial charge in [-0.2, -0.15) is 18.4 Å². The number of nitrogens with zero attached hydrogens (tertiary/aromatic N) is 1. The number of alkyl halides is 3. The van der Waals surface area contributed by atoms with Gasteiger partial charge in [0.25, 0.3) is 0 Å². The van der Waals surface area contributed by atoms with Crippen LogP contribution in [-0.4, -0.2) is 18.1 Å². The predicted molar refractivity (Wildman–Crippen MR) is 66.7 cm³/mol. The molecule has 0 saturated heterocycles. The summed E-state index contributed by atoms with van der Waals surface area (Å²) in [4.78, 5) is 11.5. The Morgan fingerprint density at radius 1 is 1.53 bits per heavy atom. The molecule has 0 fully saturated rings. The fourth-order valence-electron chi connectivity index (χ4n) is 1.26. The first kappa shape index (κ1) is 15.9. The molecule has 0 spiro atoms. The average Bonchev–Trinajstić information content (AvgIpc) is 2.30. The molecule has 0 N–H and O–H groups in total. The van der Waals surface area contributed by atoms with Gasteiger partial charge in [-0.25, -0.2) is 4.79 Å². The van der Waals surface area contributed by atoms with Crippen LogP contribution in [0.1, 0.15) is 22.8 Å². The van der Waals surface area contributed by atoms with Crippen LogP contribution >= 0.6 is 27.7 Å². The van der Waals surface area contributed by atoms with E-state index in [-0.39, 0.29) is 38.9 Å². The van der Waals surface area contributed by atoms with Crippen LogP contribution in [0, 0.1) is 11.3 Å². The zero-order valence-electron chi connectivity index (χ0n) is 9.55. The zero-order valence-corrected chi connectivity index (χ0v) is 11.9. The third-order valence-electron chi connectivity index (χ3n) is 1.93. The second-order valence-corrected chi connectivity index (χ2v) is 5.08. The molecular weight excluding hydrogens is 347 g/mol. The van der Waals surface area contributed by atoms with E-state index >= 15 is 0 Å². The number of nitriles is 1. The first-order valence-corrected chi connectivity index (χ1v) is 6.56. The van der Waals surface area contributed by atoms with Crippen molar-refractivity contribution >= 4 is 33.7 Å². The molecule has 3 nitrogen and oxygen atoms in total. The maximum absolute atomic E-state index is 12.3. The Morgan fingerprint density at radius 2 is 2.16 bits per heavy atom. The van der Waals surface area contributed by atoms with Crippen molar-refractivity contribution in [2.24, 2.45) is 0 Å². The number of esters is 1. The van der Waals surface area contributed by atoms with E-state index in [0.29, 0.717) is 0 Å². The van der Waals surface area contributed by atoms with E-state index in [1.165, 1.54) is 0 Å². The third kappa shape index (κ3) is 4.14. The summed E-state index contributed by atoms with van der Waals surface area (Å²) in [7, 11) is 0. The Labute approximate surface area is 119 Å². The first-order valence-electron chi connectivity index (χ1n) is 4.95. The molecule has 8 heteroatoms. The Kier molecular flexibility index (Phi) is 5.26. The van der Waals surface area contributed by atoms with Gasteiger partial charge in [0.2, 0.25) is 0 Å². The molecule has 0 radical (unpaired) electrons. The fraction of sp³-hybridized carbons (Fsp3) is 0.273. The number of benzene rings is 1. The summed E-state index contributed by atoms with van der Waals surface area (Å²) >= 11 is 2.56. The number of hydrogen-bond donors (Lipinski definition) is 0. The van der Waals surface area contributed by atoms with E-state index in [4.69, 9.17) is 10.00 Å². The van der Waals surface area contributed by atoms with Crippen LogP contribution in [0.25, 0.3) is 0 Å². The SMILES string of the molecule is CCOC(=O)c1c(C#N)ccc(SC(F)(F)F)c1Br. The van der Waals surface area contributed by atoms with Crippen LogP contribution in [0.15, 0.2) is 21.5 Å². The molecular formula is C11H7BrF3NO2S. The molecule has 1 aromatic rings. The molecule has 1 rings (SSSR count). The standard InChI is InChI=1S/C11H7BrF3NO2S/c1-2-18-10(17)8-6(5-16)3-4-7(9(8)12)19-11(13,14)15/h3-4H,2H2,1H3. The highest BCUT2D eigenvalue weighted by Gasteiger charge is 2.32. The molecule has 1 aromatic carbocycles. The minimum Gasteiger partial charge on any atom is -0.462 e. The number of rotatable bonds is 3. The van der Waals surface area contributed by atoms with E-state index in [1.54, 1.807) is 13.0 Å². The number of ether oxygens (including phenoxy) is 1. The summed E-state index contributed by atoms with van der Waals surface area (Å²) in [5.74, 6) is -0.837. The van der Waals surface area contributed by atoms with Crippen molar-refractivity contribution in [2.45, 2.75) is 17.3 Å². The Morgan fingerprint density at radius 3 is 2.63 bits per heavy atom. The zero-order chi connectivity index (χ0) is 14.6. The van der Waals surface area contributed by atoms with Crippen LogP contribution in [-0.2, 0) is 4.74 Å². The average molecular weight is 354 g/mol. The summed E-state index contributed by atoms with van der Waals surface area (Å²) in [6.45, 7) is 1.62. The molecule has 102 valence electrons. The molecule has 0 heterocycles. The summed E-state index contributed by atoms with van der Waals surface area (Å²) < 4.78 is 41.7. The number of carbonyl (C=O) groups is 1. The third-order valence-corrected chi connectivity index (χ3v) is 3.81. The van der Waals surface area contributed by atoms with Gasteiger partial charge in [0.05, 0.1) is 17.7 Å². The Balaban J connectivity index is 3.31. The van der Waals surface area contributed by atoms with Crippen LogP contribution in [0.2, 0.25) is 0 Å². The van der Waals surface area contributed by atoms with Gasteiger partial charge in [-0.05, 0) is 46.7 Å². The van der Waals surface area contributed by atoms with Gasteiger partial charge in [-0.15, -0.1) is 0 Å². The molecule has 0 aliphatic heterocycles. The van der Waals surface area contributed by atoms with E-state index in [2.05, 4.69) is 15.9 Å². The summed E-state index contributed by atoms with van der Waals surface area (Å²) in [5, 5.41) is 8.88. The van der Waals surface area contributed by atoms with Crippen molar-refractivity contribution in [2.75, 3.05) is 6.61 Å². The molecule has 0 aliphatic carbocycles. The van der Waals surface area contributed by atoms with Gasteiger partial charge in [0.15, 0.2) is 0 Å². The summed E-state index contributed by atoms with van der Waals surface area (Å²) in [6.07, 6.45) is 0. The van der Waals surface area contributed by atoms with Gasteiger partial charge in [0.1, 0.15) is 6.07 Å². The van der Waals surface area contributed by atoms with Gasteiger partial charge < -0.3 is 4.74 Å². The normalized spacial score (nSPS) is 10.9. The van der Waals surface area contributed by atoms with Gasteiger partial charge in [-0.1, -0.05) is 0 Å². The Bertz CT molecular complexity index is 540. The highest BCUT2D eigenvalue weighted by Crippen LogP contribution is 2.42. The molecule has 0 aliphatic rings. The van der Waals surface area contributed by atoms with Gasteiger partial charge in [0, 0.05) is 9.37 Å². The number of carbonyl (C=O) groups excluding carboxylic acids is 1. The smallest absolute Gasteiger partial charge is 0.446 e.